The van der Waals surface area contributed by atoms with Gasteiger partial charge >= 0.3 is 12.1 Å². The van der Waals surface area contributed by atoms with Gasteiger partial charge in [-0.3, -0.25) is 4.79 Å². The molecule has 0 heterocycles. The highest BCUT2D eigenvalue weighted by molar-refractivity contribution is 5.82. The van der Waals surface area contributed by atoms with E-state index in [1.54, 1.807) is 21.1 Å². The molecule has 210 valence electrons. The fourth-order valence-corrected chi connectivity index (χ4v) is 5.34. The molecule has 2 aliphatic rings. The van der Waals surface area contributed by atoms with E-state index in [-0.39, 0.29) is 6.54 Å². The number of alkyl halides is 3. The number of benzene rings is 2. The first-order valence-corrected chi connectivity index (χ1v) is 13.6. The Bertz CT molecular complexity index is 1060. The standard InChI is InChI=1S/C16H20F3NO2.C14H21NO/c1-3-8-20(15(21)16(17,18)19)13-6-4-11-5-7-14(22-2)10-12(11)9-13;1-3-8-15-13-6-4-11-5-7-14(16-2)10-12(11)9-13/h5,7,10,13H,3-4,6,8-9H2,1-2H3;5,7,10,13,15H,3-4,6,8-9H2,1-2H3. The molecule has 0 bridgehead atoms. The van der Waals surface area contributed by atoms with E-state index in [9.17, 15) is 18.0 Å². The van der Waals surface area contributed by atoms with Crippen molar-refractivity contribution in [2.45, 2.75) is 83.5 Å². The molecule has 0 fully saturated rings. The van der Waals surface area contributed by atoms with Crippen molar-refractivity contribution >= 4 is 5.91 Å². The van der Waals surface area contributed by atoms with Gasteiger partial charge in [-0.05, 0) is 104 Å². The van der Waals surface area contributed by atoms with E-state index in [4.69, 9.17) is 9.47 Å². The second-order valence-corrected chi connectivity index (χ2v) is 10.1. The number of halogens is 3. The molecule has 8 heteroatoms. The zero-order chi connectivity index (χ0) is 27.7. The van der Waals surface area contributed by atoms with Crippen LogP contribution in [0.4, 0.5) is 13.2 Å². The fraction of sp³-hybridized carbons (Fsp3) is 0.567. The minimum atomic E-state index is -4.82. The van der Waals surface area contributed by atoms with Crippen molar-refractivity contribution in [1.29, 1.82) is 0 Å². The van der Waals surface area contributed by atoms with Crippen LogP contribution in [0.3, 0.4) is 0 Å². The van der Waals surface area contributed by atoms with Gasteiger partial charge in [0.1, 0.15) is 11.5 Å². The third-order valence-corrected chi connectivity index (χ3v) is 7.35. The zero-order valence-corrected chi connectivity index (χ0v) is 23.0. The zero-order valence-electron chi connectivity index (χ0n) is 23.0. The van der Waals surface area contributed by atoms with Crippen LogP contribution in [-0.4, -0.2) is 56.4 Å². The number of hydrogen-bond donors (Lipinski definition) is 1. The number of ether oxygens (including phenoxy) is 2. The van der Waals surface area contributed by atoms with E-state index in [1.165, 1.54) is 30.4 Å². The monoisotopic (exact) mass is 534 g/mol. The maximum atomic E-state index is 12.8. The van der Waals surface area contributed by atoms with Crippen molar-refractivity contribution in [2.24, 2.45) is 0 Å². The van der Waals surface area contributed by atoms with Gasteiger partial charge in [0.05, 0.1) is 14.2 Å². The Morgan fingerprint density at radius 2 is 1.47 bits per heavy atom. The number of nitrogens with one attached hydrogen (secondary N) is 1. The van der Waals surface area contributed by atoms with E-state index in [1.807, 2.05) is 18.2 Å². The molecule has 4 rings (SSSR count). The van der Waals surface area contributed by atoms with Gasteiger partial charge in [0.15, 0.2) is 0 Å². The van der Waals surface area contributed by atoms with Crippen molar-refractivity contribution in [2.75, 3.05) is 27.3 Å². The fourth-order valence-electron chi connectivity index (χ4n) is 5.34. The second-order valence-electron chi connectivity index (χ2n) is 10.1. The van der Waals surface area contributed by atoms with Crippen molar-refractivity contribution in [1.82, 2.24) is 10.2 Å². The van der Waals surface area contributed by atoms with Gasteiger partial charge in [0.2, 0.25) is 0 Å². The summed E-state index contributed by atoms with van der Waals surface area (Å²) < 4.78 is 48.8. The molecule has 2 atom stereocenters. The number of hydrogen-bond acceptors (Lipinski definition) is 4. The van der Waals surface area contributed by atoms with Crippen molar-refractivity contribution < 1.29 is 27.4 Å². The van der Waals surface area contributed by atoms with Crippen LogP contribution in [-0.2, 0) is 30.5 Å². The third kappa shape index (κ3) is 7.88. The predicted octanol–water partition coefficient (Wildman–Crippen LogP) is 5.91. The number of nitrogens with zero attached hydrogens (tertiary/aromatic N) is 1. The Hall–Kier alpha value is -2.74. The largest absolute Gasteiger partial charge is 0.497 e. The smallest absolute Gasteiger partial charge is 0.471 e. The summed E-state index contributed by atoms with van der Waals surface area (Å²) in [7, 11) is 3.29. The first-order valence-electron chi connectivity index (χ1n) is 13.6. The molecular formula is C30H41F3N2O3. The van der Waals surface area contributed by atoms with Crippen LogP contribution in [0, 0.1) is 0 Å². The highest BCUT2D eigenvalue weighted by Gasteiger charge is 2.44. The van der Waals surface area contributed by atoms with Crippen LogP contribution in [0.2, 0.25) is 0 Å². The maximum absolute atomic E-state index is 12.8. The quantitative estimate of drug-likeness (QED) is 0.458. The number of carbonyl (C=O) groups excluding carboxylic acids is 1. The van der Waals surface area contributed by atoms with Crippen LogP contribution in [0.25, 0.3) is 0 Å². The normalized spacial score (nSPS) is 18.4. The molecule has 0 radical (unpaired) electrons. The van der Waals surface area contributed by atoms with Crippen LogP contribution in [0.5, 0.6) is 11.5 Å². The molecule has 2 unspecified atom stereocenters. The summed E-state index contributed by atoms with van der Waals surface area (Å²) in [5, 5.41) is 3.61. The summed E-state index contributed by atoms with van der Waals surface area (Å²) in [6, 6.07) is 12.4. The predicted molar refractivity (Wildman–Crippen MR) is 144 cm³/mol. The molecule has 2 aromatic rings. The highest BCUT2D eigenvalue weighted by atomic mass is 19.4. The van der Waals surface area contributed by atoms with Gasteiger partial charge in [0.25, 0.3) is 0 Å². The van der Waals surface area contributed by atoms with E-state index < -0.39 is 18.1 Å². The number of amides is 1. The average Bonchev–Trinajstić information content (AvgIpc) is 2.93. The topological polar surface area (TPSA) is 50.8 Å². The van der Waals surface area contributed by atoms with Crippen molar-refractivity contribution in [3.63, 3.8) is 0 Å². The summed E-state index contributed by atoms with van der Waals surface area (Å²) in [4.78, 5) is 12.7. The second kappa shape index (κ2) is 13.9. The lowest BCUT2D eigenvalue weighted by atomic mass is 9.87. The van der Waals surface area contributed by atoms with Gasteiger partial charge in [-0.25, -0.2) is 0 Å². The van der Waals surface area contributed by atoms with Gasteiger partial charge in [-0.2, -0.15) is 13.2 Å². The lowest BCUT2D eigenvalue weighted by Gasteiger charge is -2.35. The molecule has 38 heavy (non-hydrogen) atoms. The van der Waals surface area contributed by atoms with Gasteiger partial charge < -0.3 is 19.7 Å². The van der Waals surface area contributed by atoms with Crippen molar-refractivity contribution in [3.05, 3.63) is 58.7 Å². The minimum Gasteiger partial charge on any atom is -0.497 e. The maximum Gasteiger partial charge on any atom is 0.471 e. The summed E-state index contributed by atoms with van der Waals surface area (Å²) >= 11 is 0. The molecule has 0 aromatic heterocycles. The lowest BCUT2D eigenvalue weighted by molar-refractivity contribution is -0.188. The molecule has 1 amide bonds. The lowest BCUT2D eigenvalue weighted by Crippen LogP contribution is -2.49. The molecule has 0 spiro atoms. The number of rotatable bonds is 8. The molecule has 1 N–H and O–H groups in total. The van der Waals surface area contributed by atoms with E-state index in [0.29, 0.717) is 37.5 Å². The highest BCUT2D eigenvalue weighted by Crippen LogP contribution is 2.30. The molecular weight excluding hydrogens is 493 g/mol. The molecule has 0 saturated heterocycles. The van der Waals surface area contributed by atoms with Crippen LogP contribution in [0.15, 0.2) is 36.4 Å². The number of carbonyl (C=O) groups is 1. The van der Waals surface area contributed by atoms with Crippen LogP contribution in [0.1, 0.15) is 61.8 Å². The number of fused-ring (bicyclic) bond motifs is 2. The van der Waals surface area contributed by atoms with E-state index in [2.05, 4.69) is 30.4 Å². The van der Waals surface area contributed by atoms with E-state index in [0.717, 1.165) is 34.7 Å². The SMILES string of the molecule is CCCN(C(=O)C(F)(F)F)C1CCc2ccc(OC)cc2C1.CCCNC1CCc2ccc(OC)cc2C1. The third-order valence-electron chi connectivity index (χ3n) is 7.35. The van der Waals surface area contributed by atoms with Crippen LogP contribution < -0.4 is 14.8 Å². The Morgan fingerprint density at radius 3 is 2.00 bits per heavy atom. The van der Waals surface area contributed by atoms with Gasteiger partial charge in [-0.1, -0.05) is 26.0 Å². The first kappa shape index (κ1) is 29.8. The Kier molecular flexibility index (Phi) is 10.9. The summed E-state index contributed by atoms with van der Waals surface area (Å²) in [6.45, 7) is 5.25. The van der Waals surface area contributed by atoms with Gasteiger partial charge in [-0.15, -0.1) is 0 Å². The molecule has 2 aromatic carbocycles. The number of methoxy groups -OCH3 is 2. The molecule has 0 saturated carbocycles. The molecule has 5 nitrogen and oxygen atoms in total. The number of aryl methyl sites for hydroxylation is 2. The van der Waals surface area contributed by atoms with Crippen molar-refractivity contribution in [3.8, 4) is 11.5 Å². The summed E-state index contributed by atoms with van der Waals surface area (Å²) in [6.07, 6.45) is 2.17. The Labute approximate surface area is 224 Å². The van der Waals surface area contributed by atoms with Crippen LogP contribution >= 0.6 is 0 Å². The molecule has 2 aliphatic carbocycles. The summed E-state index contributed by atoms with van der Waals surface area (Å²) in [5.74, 6) is -0.0656. The van der Waals surface area contributed by atoms with Gasteiger partial charge in [0, 0.05) is 18.6 Å². The average molecular weight is 535 g/mol. The summed E-state index contributed by atoms with van der Waals surface area (Å²) in [5.41, 5.74) is 5.04. The Balaban J connectivity index is 0.000000221. The first-order chi connectivity index (χ1) is 18.2. The van der Waals surface area contributed by atoms with E-state index >= 15 is 0 Å². The minimum absolute atomic E-state index is 0.127. The molecule has 0 aliphatic heterocycles. The Morgan fingerprint density at radius 1 is 0.895 bits per heavy atom.